The van der Waals surface area contributed by atoms with Crippen molar-refractivity contribution in [2.45, 2.75) is 32.0 Å². The van der Waals surface area contributed by atoms with Gasteiger partial charge < -0.3 is 4.74 Å². The maximum Gasteiger partial charge on any atom is 0.0797 e. The Bertz CT molecular complexity index is 209. The van der Waals surface area contributed by atoms with E-state index in [1.54, 1.807) is 0 Å². The van der Waals surface area contributed by atoms with Gasteiger partial charge in [-0.2, -0.15) is 0 Å². The van der Waals surface area contributed by atoms with Crippen LogP contribution in [0.3, 0.4) is 0 Å². The molecule has 60 valence electrons. The normalized spacial score (nSPS) is 58.8. The van der Waals surface area contributed by atoms with Crippen molar-refractivity contribution in [2.24, 2.45) is 17.8 Å². The first-order chi connectivity index (χ1) is 5.36. The third-order valence-corrected chi connectivity index (χ3v) is 3.72. The number of rotatable bonds is 0. The van der Waals surface area contributed by atoms with Crippen LogP contribution in [0.2, 0.25) is 0 Å². The van der Waals surface area contributed by atoms with Gasteiger partial charge in [0.15, 0.2) is 0 Å². The molecule has 1 saturated carbocycles. The summed E-state index contributed by atoms with van der Waals surface area (Å²) < 4.78 is 5.83. The van der Waals surface area contributed by atoms with E-state index in [4.69, 9.17) is 4.74 Å². The van der Waals surface area contributed by atoms with Crippen molar-refractivity contribution in [3.05, 3.63) is 12.2 Å². The van der Waals surface area contributed by atoms with Crippen LogP contribution in [-0.2, 0) is 4.74 Å². The van der Waals surface area contributed by atoms with E-state index in [0.29, 0.717) is 12.2 Å². The molecular formula is C10H14O. The Morgan fingerprint density at radius 1 is 1.27 bits per heavy atom. The SMILES string of the molecule is C[C@H]1O[C@H]2C=C[C@H]3CC[C@@H]1[C@@H]23. The predicted octanol–water partition coefficient (Wildman–Crippen LogP) is 1.99. The fourth-order valence-electron chi connectivity index (χ4n) is 3.21. The van der Waals surface area contributed by atoms with Crippen LogP contribution in [0, 0.1) is 17.8 Å². The van der Waals surface area contributed by atoms with Crippen molar-refractivity contribution < 1.29 is 4.74 Å². The average molecular weight is 150 g/mol. The first-order valence-corrected chi connectivity index (χ1v) is 4.70. The van der Waals surface area contributed by atoms with E-state index in [-0.39, 0.29) is 0 Å². The van der Waals surface area contributed by atoms with Crippen LogP contribution in [0.4, 0.5) is 0 Å². The molecule has 0 unspecified atom stereocenters. The standard InChI is InChI=1S/C10H14O/c1-6-8-4-2-7-3-5-9(11-6)10(7)8/h3,5-10H,2,4H2,1H3/t6-,7-,8+,9+,10+/m1/s1. The van der Waals surface area contributed by atoms with Gasteiger partial charge in [-0.05, 0) is 31.6 Å². The van der Waals surface area contributed by atoms with Crippen LogP contribution < -0.4 is 0 Å². The van der Waals surface area contributed by atoms with Crippen LogP contribution in [-0.4, -0.2) is 12.2 Å². The predicted molar refractivity (Wildman–Crippen MR) is 43.2 cm³/mol. The molecule has 1 nitrogen and oxygen atoms in total. The molecule has 0 amide bonds. The summed E-state index contributed by atoms with van der Waals surface area (Å²) >= 11 is 0. The summed E-state index contributed by atoms with van der Waals surface area (Å²) in [5.74, 6) is 2.61. The second kappa shape index (κ2) is 1.89. The summed E-state index contributed by atoms with van der Waals surface area (Å²) in [5, 5.41) is 0. The highest BCUT2D eigenvalue weighted by Gasteiger charge is 2.50. The van der Waals surface area contributed by atoms with Crippen LogP contribution >= 0.6 is 0 Å². The van der Waals surface area contributed by atoms with E-state index in [1.165, 1.54) is 12.8 Å². The van der Waals surface area contributed by atoms with E-state index in [9.17, 15) is 0 Å². The van der Waals surface area contributed by atoms with Gasteiger partial charge in [0.25, 0.3) is 0 Å². The monoisotopic (exact) mass is 150 g/mol. The Hall–Kier alpha value is -0.300. The molecule has 2 aliphatic carbocycles. The molecule has 0 radical (unpaired) electrons. The number of hydrogen-bond donors (Lipinski definition) is 0. The van der Waals surface area contributed by atoms with Gasteiger partial charge in [0.05, 0.1) is 12.2 Å². The molecule has 0 aromatic carbocycles. The van der Waals surface area contributed by atoms with Crippen LogP contribution in [0.5, 0.6) is 0 Å². The van der Waals surface area contributed by atoms with E-state index >= 15 is 0 Å². The maximum absolute atomic E-state index is 5.83. The van der Waals surface area contributed by atoms with Crippen LogP contribution in [0.15, 0.2) is 12.2 Å². The maximum atomic E-state index is 5.83. The van der Waals surface area contributed by atoms with Crippen molar-refractivity contribution in [3.63, 3.8) is 0 Å². The van der Waals surface area contributed by atoms with Gasteiger partial charge in [-0.3, -0.25) is 0 Å². The molecule has 0 bridgehead atoms. The van der Waals surface area contributed by atoms with Crippen LogP contribution in [0.1, 0.15) is 19.8 Å². The Kier molecular flexibility index (Phi) is 1.07. The Morgan fingerprint density at radius 2 is 2.18 bits per heavy atom. The number of allylic oxidation sites excluding steroid dienone is 1. The lowest BCUT2D eigenvalue weighted by Gasteiger charge is -2.11. The molecule has 1 aliphatic heterocycles. The lowest BCUT2D eigenvalue weighted by molar-refractivity contribution is 0.0619. The highest BCUT2D eigenvalue weighted by atomic mass is 16.5. The van der Waals surface area contributed by atoms with Crippen molar-refractivity contribution in [2.75, 3.05) is 0 Å². The highest BCUT2D eigenvalue weighted by Crippen LogP contribution is 2.51. The van der Waals surface area contributed by atoms with Gasteiger partial charge in [-0.25, -0.2) is 0 Å². The molecule has 11 heavy (non-hydrogen) atoms. The lowest BCUT2D eigenvalue weighted by Crippen LogP contribution is -2.15. The third-order valence-electron chi connectivity index (χ3n) is 3.72. The van der Waals surface area contributed by atoms with Crippen molar-refractivity contribution in [3.8, 4) is 0 Å². The van der Waals surface area contributed by atoms with E-state index < -0.39 is 0 Å². The van der Waals surface area contributed by atoms with Gasteiger partial charge >= 0.3 is 0 Å². The zero-order valence-corrected chi connectivity index (χ0v) is 6.86. The number of hydrogen-bond acceptors (Lipinski definition) is 1. The summed E-state index contributed by atoms with van der Waals surface area (Å²) in [6.07, 6.45) is 8.49. The first kappa shape index (κ1) is 6.24. The lowest BCUT2D eigenvalue weighted by atomic mass is 9.90. The second-order valence-corrected chi connectivity index (χ2v) is 4.17. The molecule has 0 spiro atoms. The van der Waals surface area contributed by atoms with E-state index in [0.717, 1.165) is 17.8 Å². The van der Waals surface area contributed by atoms with Gasteiger partial charge in [-0.1, -0.05) is 12.2 Å². The fraction of sp³-hybridized carbons (Fsp3) is 0.800. The Balaban J connectivity index is 1.98. The van der Waals surface area contributed by atoms with Crippen LogP contribution in [0.25, 0.3) is 0 Å². The van der Waals surface area contributed by atoms with E-state index in [1.807, 2.05) is 0 Å². The summed E-state index contributed by atoms with van der Waals surface area (Å²) in [5.41, 5.74) is 0. The molecular weight excluding hydrogens is 136 g/mol. The molecule has 5 atom stereocenters. The van der Waals surface area contributed by atoms with Crippen molar-refractivity contribution in [1.29, 1.82) is 0 Å². The van der Waals surface area contributed by atoms with Crippen molar-refractivity contribution >= 4 is 0 Å². The summed E-state index contributed by atoms with van der Waals surface area (Å²) in [4.78, 5) is 0. The Labute approximate surface area is 67.4 Å². The smallest absolute Gasteiger partial charge is 0.0797 e. The molecule has 3 aliphatic rings. The zero-order chi connectivity index (χ0) is 7.42. The van der Waals surface area contributed by atoms with Gasteiger partial charge in [0, 0.05) is 5.92 Å². The minimum Gasteiger partial charge on any atom is -0.371 e. The minimum absolute atomic E-state index is 0.488. The highest BCUT2D eigenvalue weighted by molar-refractivity contribution is 5.16. The summed E-state index contributed by atoms with van der Waals surface area (Å²) in [7, 11) is 0. The second-order valence-electron chi connectivity index (χ2n) is 4.17. The molecule has 2 fully saturated rings. The topological polar surface area (TPSA) is 9.23 Å². The summed E-state index contributed by atoms with van der Waals surface area (Å²) in [6, 6.07) is 0. The van der Waals surface area contributed by atoms with Gasteiger partial charge in [0.1, 0.15) is 0 Å². The minimum atomic E-state index is 0.488. The quantitative estimate of drug-likeness (QED) is 0.480. The molecule has 1 saturated heterocycles. The fourth-order valence-corrected chi connectivity index (χ4v) is 3.21. The molecule has 0 N–H and O–H groups in total. The molecule has 0 aromatic heterocycles. The zero-order valence-electron chi connectivity index (χ0n) is 6.86. The molecule has 0 aromatic rings. The van der Waals surface area contributed by atoms with Gasteiger partial charge in [0.2, 0.25) is 0 Å². The average Bonchev–Trinajstić information content (AvgIpc) is 2.53. The van der Waals surface area contributed by atoms with Crippen molar-refractivity contribution in [1.82, 2.24) is 0 Å². The number of ether oxygens (including phenoxy) is 1. The molecule has 1 heterocycles. The van der Waals surface area contributed by atoms with E-state index in [2.05, 4.69) is 19.1 Å². The molecule has 1 heteroatoms. The Morgan fingerprint density at radius 3 is 3.09 bits per heavy atom. The molecule has 3 rings (SSSR count). The third kappa shape index (κ3) is 0.652. The largest absolute Gasteiger partial charge is 0.371 e. The van der Waals surface area contributed by atoms with Gasteiger partial charge in [-0.15, -0.1) is 0 Å². The summed E-state index contributed by atoms with van der Waals surface area (Å²) in [6.45, 7) is 2.24. The first-order valence-electron chi connectivity index (χ1n) is 4.70.